The second kappa shape index (κ2) is 9.88. The van der Waals surface area contributed by atoms with Crippen molar-refractivity contribution in [3.63, 3.8) is 0 Å². The van der Waals surface area contributed by atoms with Crippen molar-refractivity contribution in [1.82, 2.24) is 4.90 Å². The number of likely N-dealkylation sites (tertiary alicyclic amines) is 1. The Bertz CT molecular complexity index is 1260. The van der Waals surface area contributed by atoms with E-state index < -0.39 is 17.7 Å². The second-order valence-electron chi connectivity index (χ2n) is 8.77. The molecule has 0 bridgehead atoms. The average Bonchev–Trinajstić information content (AvgIpc) is 2.81. The maximum Gasteiger partial charge on any atom is 0.416 e. The van der Waals surface area contributed by atoms with Gasteiger partial charge in [-0.05, 0) is 53.0 Å². The van der Waals surface area contributed by atoms with Gasteiger partial charge in [0.2, 0.25) is 0 Å². The maximum absolute atomic E-state index is 13.0. The van der Waals surface area contributed by atoms with Crippen LogP contribution in [0.25, 0.3) is 16.7 Å². The summed E-state index contributed by atoms with van der Waals surface area (Å²) in [5.41, 5.74) is 3.51. The summed E-state index contributed by atoms with van der Waals surface area (Å²) >= 11 is 0. The van der Waals surface area contributed by atoms with Crippen LogP contribution in [0.1, 0.15) is 34.0 Å². The molecule has 0 unspecified atom stereocenters. The van der Waals surface area contributed by atoms with Crippen molar-refractivity contribution in [2.75, 3.05) is 13.1 Å². The quantitative estimate of drug-likeness (QED) is 0.325. The normalized spacial score (nSPS) is 15.0. The summed E-state index contributed by atoms with van der Waals surface area (Å²) in [6, 6.07) is 20.0. The Labute approximate surface area is 201 Å². The van der Waals surface area contributed by atoms with Crippen molar-refractivity contribution in [3.8, 4) is 11.1 Å². The van der Waals surface area contributed by atoms with Gasteiger partial charge in [0.15, 0.2) is 5.78 Å². The van der Waals surface area contributed by atoms with E-state index in [1.165, 1.54) is 12.1 Å². The van der Waals surface area contributed by atoms with Gasteiger partial charge in [-0.25, -0.2) is 0 Å². The zero-order valence-electron chi connectivity index (χ0n) is 19.0. The van der Waals surface area contributed by atoms with Crippen LogP contribution in [0.2, 0.25) is 0 Å². The van der Waals surface area contributed by atoms with E-state index in [4.69, 9.17) is 5.11 Å². The third-order valence-corrected chi connectivity index (χ3v) is 6.16. The van der Waals surface area contributed by atoms with Crippen LogP contribution in [-0.4, -0.2) is 34.8 Å². The minimum atomic E-state index is -4.44. The predicted octanol–water partition coefficient (Wildman–Crippen LogP) is 6.18. The van der Waals surface area contributed by atoms with Gasteiger partial charge >= 0.3 is 12.1 Å². The molecule has 1 aliphatic rings. The van der Waals surface area contributed by atoms with Crippen LogP contribution >= 0.6 is 0 Å². The Morgan fingerprint density at radius 2 is 1.54 bits per heavy atom. The van der Waals surface area contributed by atoms with Crippen LogP contribution in [0.4, 0.5) is 13.2 Å². The molecule has 0 saturated carbocycles. The van der Waals surface area contributed by atoms with Gasteiger partial charge in [0.25, 0.3) is 0 Å². The number of carbonyl (C=O) groups excluding carboxylic acids is 1. The molecule has 180 valence electrons. The van der Waals surface area contributed by atoms with E-state index in [1.54, 1.807) is 25.1 Å². The number of hydrogen-bond acceptors (Lipinski definition) is 3. The number of aliphatic carboxylic acids is 1. The summed E-state index contributed by atoms with van der Waals surface area (Å²) in [6.07, 6.45) is -3.09. The first-order valence-corrected chi connectivity index (χ1v) is 11.1. The lowest BCUT2D eigenvalue weighted by atomic mass is 9.98. The molecule has 0 aromatic heterocycles. The summed E-state index contributed by atoms with van der Waals surface area (Å²) in [7, 11) is 0. The molecule has 0 atom stereocenters. The predicted molar refractivity (Wildman–Crippen MR) is 128 cm³/mol. The molecular weight excluding hydrogens is 455 g/mol. The summed E-state index contributed by atoms with van der Waals surface area (Å²) in [4.78, 5) is 25.7. The van der Waals surface area contributed by atoms with Gasteiger partial charge in [0.1, 0.15) is 0 Å². The van der Waals surface area contributed by atoms with Crippen molar-refractivity contribution in [2.45, 2.75) is 19.6 Å². The molecular formula is C28H24F3NO3. The molecule has 0 aliphatic carbocycles. The Kier molecular flexibility index (Phi) is 6.89. The molecule has 0 radical (unpaired) electrons. The smallest absolute Gasteiger partial charge is 0.416 e. The number of nitrogens with zero attached hydrogens (tertiary/aromatic N) is 1. The average molecular weight is 479 g/mol. The van der Waals surface area contributed by atoms with E-state index >= 15 is 0 Å². The highest BCUT2D eigenvalue weighted by Gasteiger charge is 2.32. The fraction of sp³-hybridized carbons (Fsp3) is 0.214. The van der Waals surface area contributed by atoms with Crippen molar-refractivity contribution >= 4 is 17.3 Å². The number of hydrogen-bond donors (Lipinski definition) is 1. The third kappa shape index (κ3) is 5.87. The first-order chi connectivity index (χ1) is 16.6. The summed E-state index contributed by atoms with van der Waals surface area (Å²) in [5, 5.41) is 8.98. The van der Waals surface area contributed by atoms with Crippen LogP contribution in [-0.2, 0) is 17.5 Å². The number of benzene rings is 3. The van der Waals surface area contributed by atoms with Crippen molar-refractivity contribution < 1.29 is 27.9 Å². The number of allylic oxidation sites excluding steroid dienone is 2. The van der Waals surface area contributed by atoms with Crippen LogP contribution in [0.5, 0.6) is 0 Å². The number of alkyl halides is 3. The lowest BCUT2D eigenvalue weighted by Gasteiger charge is -2.36. The molecule has 3 aromatic carbocycles. The highest BCUT2D eigenvalue weighted by molar-refractivity contribution is 6.08. The van der Waals surface area contributed by atoms with E-state index in [0.29, 0.717) is 36.3 Å². The Balaban J connectivity index is 1.40. The van der Waals surface area contributed by atoms with Gasteiger partial charge in [0, 0.05) is 25.2 Å². The fourth-order valence-electron chi connectivity index (χ4n) is 4.05. The highest BCUT2D eigenvalue weighted by Crippen LogP contribution is 2.31. The molecule has 1 fully saturated rings. The Hall–Kier alpha value is -3.71. The minimum absolute atomic E-state index is 0.279. The minimum Gasteiger partial charge on any atom is -0.481 e. The molecule has 1 heterocycles. The van der Waals surface area contributed by atoms with Crippen molar-refractivity contribution in [3.05, 3.63) is 101 Å². The first kappa shape index (κ1) is 24.4. The Morgan fingerprint density at radius 1 is 0.943 bits per heavy atom. The summed E-state index contributed by atoms with van der Waals surface area (Å²) in [6.45, 7) is 3.45. The molecule has 0 spiro atoms. The molecule has 1 saturated heterocycles. The lowest BCUT2D eigenvalue weighted by Crippen LogP contribution is -2.49. The second-order valence-corrected chi connectivity index (χ2v) is 8.77. The number of ketones is 1. The SMILES string of the molecule is C/C(=C/C(=O)c1ccc(-c2ccc(CN3CC(C(=O)O)C3)cc2)cc1)c1cccc(C(F)(F)F)c1. The highest BCUT2D eigenvalue weighted by atomic mass is 19.4. The van der Waals surface area contributed by atoms with Gasteiger partial charge in [-0.3, -0.25) is 14.5 Å². The van der Waals surface area contributed by atoms with E-state index in [2.05, 4.69) is 4.90 Å². The lowest BCUT2D eigenvalue weighted by molar-refractivity contribution is -0.147. The summed E-state index contributed by atoms with van der Waals surface area (Å²) in [5.74, 6) is -1.31. The van der Waals surface area contributed by atoms with Gasteiger partial charge in [-0.15, -0.1) is 0 Å². The third-order valence-electron chi connectivity index (χ3n) is 6.16. The largest absolute Gasteiger partial charge is 0.481 e. The van der Waals surface area contributed by atoms with E-state index in [9.17, 15) is 22.8 Å². The van der Waals surface area contributed by atoms with Crippen LogP contribution < -0.4 is 0 Å². The molecule has 4 rings (SSSR count). The van der Waals surface area contributed by atoms with Gasteiger partial charge < -0.3 is 5.11 Å². The topological polar surface area (TPSA) is 57.6 Å². The van der Waals surface area contributed by atoms with Crippen LogP contribution in [0.15, 0.2) is 78.9 Å². The molecule has 1 aliphatic heterocycles. The van der Waals surface area contributed by atoms with Crippen LogP contribution in [0, 0.1) is 5.92 Å². The number of carbonyl (C=O) groups is 2. The molecule has 7 heteroatoms. The van der Waals surface area contributed by atoms with Crippen molar-refractivity contribution in [2.24, 2.45) is 5.92 Å². The van der Waals surface area contributed by atoms with Gasteiger partial charge in [-0.1, -0.05) is 60.7 Å². The molecule has 0 amide bonds. The number of halogens is 3. The number of rotatable bonds is 7. The molecule has 4 nitrogen and oxygen atoms in total. The monoisotopic (exact) mass is 479 g/mol. The molecule has 35 heavy (non-hydrogen) atoms. The zero-order valence-corrected chi connectivity index (χ0v) is 19.0. The van der Waals surface area contributed by atoms with E-state index in [0.717, 1.165) is 28.8 Å². The maximum atomic E-state index is 13.0. The number of carboxylic acid groups (broad SMARTS) is 1. The molecule has 3 aromatic rings. The van der Waals surface area contributed by atoms with E-state index in [-0.39, 0.29) is 11.7 Å². The first-order valence-electron chi connectivity index (χ1n) is 11.1. The Morgan fingerprint density at radius 3 is 2.11 bits per heavy atom. The van der Waals surface area contributed by atoms with Crippen LogP contribution in [0.3, 0.4) is 0 Å². The van der Waals surface area contributed by atoms with Gasteiger partial charge in [0.05, 0.1) is 11.5 Å². The fourth-order valence-corrected chi connectivity index (χ4v) is 4.05. The van der Waals surface area contributed by atoms with E-state index in [1.807, 2.05) is 36.4 Å². The van der Waals surface area contributed by atoms with Crippen molar-refractivity contribution in [1.29, 1.82) is 0 Å². The number of carboxylic acids is 1. The molecule has 1 N–H and O–H groups in total. The zero-order chi connectivity index (χ0) is 25.2. The standard InChI is InChI=1S/C28H24F3NO3/c1-18(23-3-2-4-25(14-23)28(29,30)31)13-26(33)22-11-9-21(10-12-22)20-7-5-19(6-8-20)15-32-16-24(17-32)27(34)35/h2-14,24H,15-17H2,1H3,(H,34,35)/b18-13-. The van der Waals surface area contributed by atoms with Gasteiger partial charge in [-0.2, -0.15) is 13.2 Å². The summed E-state index contributed by atoms with van der Waals surface area (Å²) < 4.78 is 38.9.